The van der Waals surface area contributed by atoms with Crippen LogP contribution in [-0.4, -0.2) is 37.2 Å². The van der Waals surface area contributed by atoms with Gasteiger partial charge in [0.15, 0.2) is 6.10 Å². The van der Waals surface area contributed by atoms with E-state index in [1.54, 1.807) is 0 Å². The number of carbonyl (C=O) groups excluding carboxylic acids is 3. The largest absolute Gasteiger partial charge is 0.462 e. The van der Waals surface area contributed by atoms with Gasteiger partial charge in [0.05, 0.1) is 0 Å². The summed E-state index contributed by atoms with van der Waals surface area (Å²) in [6, 6.07) is 0. The standard InChI is InChI=1S/C70H124O6/c1-4-7-10-13-16-19-22-25-27-28-29-30-31-32-33-34-35-36-37-38-39-40-41-42-44-45-48-51-54-57-60-63-69(72)75-66-67(65-74-68(71)62-59-56-53-50-47-24-21-18-15-12-9-6-3)76-70(73)64-61-58-55-52-49-46-43-26-23-20-17-14-11-8-5-2/h7,10,16-17,19-20,25-27,29-30,43,67H,4-6,8-9,11-15,18,21-24,28,31-42,44-66H2,1-3H3/b10-7-,19-16-,20-17-,27-25-,30-29-,43-26-. The monoisotopic (exact) mass is 1060 g/mol. The summed E-state index contributed by atoms with van der Waals surface area (Å²) < 4.78 is 16.9. The van der Waals surface area contributed by atoms with Gasteiger partial charge in [-0.2, -0.15) is 0 Å². The first-order valence-corrected chi connectivity index (χ1v) is 32.9. The highest BCUT2D eigenvalue weighted by molar-refractivity contribution is 5.71. The van der Waals surface area contributed by atoms with Gasteiger partial charge in [-0.1, -0.05) is 299 Å². The fourth-order valence-corrected chi connectivity index (χ4v) is 9.53. The van der Waals surface area contributed by atoms with Gasteiger partial charge in [-0.15, -0.1) is 0 Å². The third-order valence-electron chi connectivity index (χ3n) is 14.4. The van der Waals surface area contributed by atoms with Crippen LogP contribution in [0.3, 0.4) is 0 Å². The lowest BCUT2D eigenvalue weighted by Gasteiger charge is -2.18. The first-order valence-electron chi connectivity index (χ1n) is 32.9. The van der Waals surface area contributed by atoms with E-state index in [1.165, 1.54) is 186 Å². The lowest BCUT2D eigenvalue weighted by Crippen LogP contribution is -2.30. The van der Waals surface area contributed by atoms with Crippen molar-refractivity contribution in [2.75, 3.05) is 13.2 Å². The Morgan fingerprint density at radius 2 is 0.513 bits per heavy atom. The quantitative estimate of drug-likeness (QED) is 0.0261. The van der Waals surface area contributed by atoms with Crippen LogP contribution in [-0.2, 0) is 28.6 Å². The molecule has 0 saturated carbocycles. The average molecular weight is 1060 g/mol. The summed E-state index contributed by atoms with van der Waals surface area (Å²) in [4.78, 5) is 38.2. The van der Waals surface area contributed by atoms with Crippen LogP contribution in [0.1, 0.15) is 335 Å². The van der Waals surface area contributed by atoms with Crippen molar-refractivity contribution < 1.29 is 28.6 Å². The van der Waals surface area contributed by atoms with Gasteiger partial charge in [0.1, 0.15) is 13.2 Å². The van der Waals surface area contributed by atoms with Gasteiger partial charge in [0, 0.05) is 19.3 Å². The SMILES string of the molecule is CC/C=C\C/C=C\C/C=C\C/C=C\CCCCCCCCCCCCCCCCCCCCC(=O)OCC(COC(=O)CCCCCCCCCCCCCC)OC(=O)CCCCCCC/C=C\C/C=C\CCCCC. The van der Waals surface area contributed by atoms with Crippen LogP contribution in [0.15, 0.2) is 72.9 Å². The van der Waals surface area contributed by atoms with E-state index in [0.717, 1.165) is 109 Å². The van der Waals surface area contributed by atoms with Crippen LogP contribution >= 0.6 is 0 Å². The lowest BCUT2D eigenvalue weighted by atomic mass is 10.0. The van der Waals surface area contributed by atoms with Crippen molar-refractivity contribution >= 4 is 17.9 Å². The van der Waals surface area contributed by atoms with Crippen molar-refractivity contribution in [3.05, 3.63) is 72.9 Å². The maximum Gasteiger partial charge on any atom is 0.306 e. The molecule has 0 radical (unpaired) electrons. The van der Waals surface area contributed by atoms with E-state index in [1.807, 2.05) is 0 Å². The second kappa shape index (κ2) is 64.4. The molecule has 0 aromatic carbocycles. The molecule has 6 heteroatoms. The lowest BCUT2D eigenvalue weighted by molar-refractivity contribution is -0.167. The van der Waals surface area contributed by atoms with Crippen LogP contribution in [0, 0.1) is 0 Å². The zero-order valence-corrected chi connectivity index (χ0v) is 50.5. The Bertz CT molecular complexity index is 1400. The second-order valence-electron chi connectivity index (χ2n) is 22.0. The molecule has 76 heavy (non-hydrogen) atoms. The molecule has 0 aliphatic rings. The molecule has 0 bridgehead atoms. The number of ether oxygens (including phenoxy) is 3. The van der Waals surface area contributed by atoms with Gasteiger partial charge >= 0.3 is 17.9 Å². The van der Waals surface area contributed by atoms with Gasteiger partial charge in [-0.3, -0.25) is 14.4 Å². The highest BCUT2D eigenvalue weighted by atomic mass is 16.6. The van der Waals surface area contributed by atoms with Gasteiger partial charge in [-0.25, -0.2) is 0 Å². The molecule has 1 unspecified atom stereocenters. The predicted octanol–water partition coefficient (Wildman–Crippen LogP) is 22.5. The summed E-state index contributed by atoms with van der Waals surface area (Å²) in [5.41, 5.74) is 0. The fourth-order valence-electron chi connectivity index (χ4n) is 9.53. The molecule has 0 N–H and O–H groups in total. The minimum atomic E-state index is -0.779. The highest BCUT2D eigenvalue weighted by Crippen LogP contribution is 2.17. The molecule has 0 fully saturated rings. The molecule has 6 nitrogen and oxygen atoms in total. The van der Waals surface area contributed by atoms with E-state index in [2.05, 4.69) is 93.7 Å². The van der Waals surface area contributed by atoms with Crippen LogP contribution in [0.25, 0.3) is 0 Å². The zero-order chi connectivity index (χ0) is 55.0. The molecular formula is C70H124O6. The summed E-state index contributed by atoms with van der Waals surface area (Å²) in [6.07, 6.45) is 83.5. The van der Waals surface area contributed by atoms with Crippen LogP contribution in [0.5, 0.6) is 0 Å². The number of carbonyl (C=O) groups is 3. The average Bonchev–Trinajstić information content (AvgIpc) is 3.42. The van der Waals surface area contributed by atoms with Crippen molar-refractivity contribution in [2.24, 2.45) is 0 Å². The van der Waals surface area contributed by atoms with E-state index in [-0.39, 0.29) is 31.1 Å². The first-order chi connectivity index (χ1) is 37.5. The van der Waals surface area contributed by atoms with E-state index in [4.69, 9.17) is 14.2 Å². The summed E-state index contributed by atoms with van der Waals surface area (Å²) in [5, 5.41) is 0. The number of hydrogen-bond acceptors (Lipinski definition) is 6. The molecule has 0 aliphatic carbocycles. The molecular weight excluding hydrogens is 937 g/mol. The van der Waals surface area contributed by atoms with Gasteiger partial charge in [0.25, 0.3) is 0 Å². The minimum Gasteiger partial charge on any atom is -0.462 e. The predicted molar refractivity (Wildman–Crippen MR) is 330 cm³/mol. The van der Waals surface area contributed by atoms with Crippen LogP contribution in [0.2, 0.25) is 0 Å². The smallest absolute Gasteiger partial charge is 0.306 e. The van der Waals surface area contributed by atoms with Crippen molar-refractivity contribution in [1.82, 2.24) is 0 Å². The van der Waals surface area contributed by atoms with E-state index in [0.29, 0.717) is 19.3 Å². The Kier molecular flexibility index (Phi) is 61.7. The molecule has 0 rings (SSSR count). The third kappa shape index (κ3) is 61.7. The minimum absolute atomic E-state index is 0.0758. The number of rotatable bonds is 60. The molecule has 0 aromatic heterocycles. The summed E-state index contributed by atoms with van der Waals surface area (Å²) in [7, 11) is 0. The first kappa shape index (κ1) is 72.8. The normalized spacial score (nSPS) is 12.5. The molecule has 1 atom stereocenters. The van der Waals surface area contributed by atoms with E-state index >= 15 is 0 Å². The Hall–Kier alpha value is -3.15. The second-order valence-corrected chi connectivity index (χ2v) is 22.0. The Morgan fingerprint density at radius 3 is 0.829 bits per heavy atom. The van der Waals surface area contributed by atoms with Crippen LogP contribution < -0.4 is 0 Å². The van der Waals surface area contributed by atoms with Crippen LogP contribution in [0.4, 0.5) is 0 Å². The third-order valence-corrected chi connectivity index (χ3v) is 14.4. The van der Waals surface area contributed by atoms with E-state index < -0.39 is 6.10 Å². The van der Waals surface area contributed by atoms with Gasteiger partial charge < -0.3 is 14.2 Å². The Labute approximate surface area is 472 Å². The van der Waals surface area contributed by atoms with Gasteiger partial charge in [-0.05, 0) is 89.9 Å². The molecule has 0 aliphatic heterocycles. The van der Waals surface area contributed by atoms with Crippen molar-refractivity contribution in [3.63, 3.8) is 0 Å². The van der Waals surface area contributed by atoms with Crippen molar-refractivity contribution in [3.8, 4) is 0 Å². The topological polar surface area (TPSA) is 78.9 Å². The van der Waals surface area contributed by atoms with Crippen molar-refractivity contribution in [1.29, 1.82) is 0 Å². The number of unbranched alkanes of at least 4 members (excludes halogenated alkanes) is 37. The Balaban J connectivity index is 4.14. The Morgan fingerprint density at radius 1 is 0.276 bits per heavy atom. The molecule has 0 amide bonds. The molecule has 0 heterocycles. The summed E-state index contributed by atoms with van der Waals surface area (Å²) in [5.74, 6) is -0.872. The maximum atomic E-state index is 12.9. The number of esters is 3. The van der Waals surface area contributed by atoms with Crippen molar-refractivity contribution in [2.45, 2.75) is 341 Å². The number of hydrogen-bond donors (Lipinski definition) is 0. The zero-order valence-electron chi connectivity index (χ0n) is 50.5. The molecule has 0 saturated heterocycles. The highest BCUT2D eigenvalue weighted by Gasteiger charge is 2.19. The summed E-state index contributed by atoms with van der Waals surface area (Å²) in [6.45, 7) is 6.52. The van der Waals surface area contributed by atoms with Gasteiger partial charge in [0.2, 0.25) is 0 Å². The fraction of sp³-hybridized carbons (Fsp3) is 0.786. The molecule has 0 spiro atoms. The maximum absolute atomic E-state index is 12.9. The van der Waals surface area contributed by atoms with E-state index in [9.17, 15) is 14.4 Å². The number of allylic oxidation sites excluding steroid dienone is 12. The summed E-state index contributed by atoms with van der Waals surface area (Å²) >= 11 is 0. The molecule has 0 aromatic rings. The molecule has 440 valence electrons.